The first-order valence-corrected chi connectivity index (χ1v) is 10.2. The van der Waals surface area contributed by atoms with Gasteiger partial charge in [0.25, 0.3) is 0 Å². The van der Waals surface area contributed by atoms with E-state index in [1.165, 1.54) is 6.33 Å². The van der Waals surface area contributed by atoms with E-state index in [9.17, 15) is 9.59 Å². The molecule has 4 aromatic rings. The number of carbonyl (C=O) groups excluding carboxylic acids is 1. The molecule has 0 aliphatic heterocycles. The van der Waals surface area contributed by atoms with Crippen LogP contribution in [0.2, 0.25) is 0 Å². The summed E-state index contributed by atoms with van der Waals surface area (Å²) >= 11 is 0. The van der Waals surface area contributed by atoms with Gasteiger partial charge < -0.3 is 14.9 Å². The highest BCUT2D eigenvalue weighted by Crippen LogP contribution is 2.29. The summed E-state index contributed by atoms with van der Waals surface area (Å²) in [5.41, 5.74) is 1.85. The predicted molar refractivity (Wildman–Crippen MR) is 121 cm³/mol. The smallest absolute Gasteiger partial charge is 0.346 e. The number of rotatable bonds is 7. The molecule has 2 heterocycles. The van der Waals surface area contributed by atoms with Crippen LogP contribution in [0.15, 0.2) is 71.8 Å². The minimum Gasteiger partial charge on any atom is -0.462 e. The Morgan fingerprint density at radius 2 is 1.72 bits per heavy atom. The fourth-order valence-electron chi connectivity index (χ4n) is 3.35. The average molecular weight is 430 g/mol. The van der Waals surface area contributed by atoms with Crippen LogP contribution >= 0.6 is 0 Å². The second-order valence-electron chi connectivity index (χ2n) is 6.98. The van der Waals surface area contributed by atoms with Crippen LogP contribution in [0, 0.1) is 6.92 Å². The summed E-state index contributed by atoms with van der Waals surface area (Å²) in [6.07, 6.45) is 1.36. The molecule has 0 aliphatic rings. The highest BCUT2D eigenvalue weighted by molar-refractivity contribution is 6.06. The van der Waals surface area contributed by atoms with Crippen molar-refractivity contribution in [3.8, 4) is 0 Å². The average Bonchev–Trinajstić information content (AvgIpc) is 2.80. The molecule has 4 rings (SSSR count). The molecule has 0 saturated heterocycles. The molecule has 2 aromatic carbocycles. The van der Waals surface area contributed by atoms with Gasteiger partial charge in [0.05, 0.1) is 23.4 Å². The number of hydrogen-bond donors (Lipinski definition) is 1. The van der Waals surface area contributed by atoms with Crippen molar-refractivity contribution in [2.24, 2.45) is 0 Å². The minimum absolute atomic E-state index is 0.118. The molecule has 0 fully saturated rings. The SMILES string of the molecule is CCOC(=O)c1c(Nc2ccccc2)c2c(C)ncnc2n(OCc2ccccc2)c1=O. The van der Waals surface area contributed by atoms with Gasteiger partial charge in [-0.25, -0.2) is 14.8 Å². The Bertz CT molecular complexity index is 1300. The van der Waals surface area contributed by atoms with Crippen molar-refractivity contribution in [2.75, 3.05) is 11.9 Å². The number of carbonyl (C=O) groups is 1. The Balaban J connectivity index is 1.94. The van der Waals surface area contributed by atoms with Gasteiger partial charge in [-0.1, -0.05) is 48.5 Å². The molecular weight excluding hydrogens is 408 g/mol. The largest absolute Gasteiger partial charge is 0.462 e. The van der Waals surface area contributed by atoms with Crippen LogP contribution in [0.5, 0.6) is 0 Å². The monoisotopic (exact) mass is 430 g/mol. The topological polar surface area (TPSA) is 95.3 Å². The van der Waals surface area contributed by atoms with E-state index < -0.39 is 11.5 Å². The van der Waals surface area contributed by atoms with Gasteiger partial charge >= 0.3 is 11.5 Å². The van der Waals surface area contributed by atoms with E-state index in [0.29, 0.717) is 16.8 Å². The predicted octanol–water partition coefficient (Wildman–Crippen LogP) is 3.65. The van der Waals surface area contributed by atoms with E-state index in [1.54, 1.807) is 13.8 Å². The summed E-state index contributed by atoms with van der Waals surface area (Å²) < 4.78 is 6.25. The van der Waals surface area contributed by atoms with Crippen molar-refractivity contribution in [1.82, 2.24) is 14.7 Å². The number of para-hydroxylation sites is 1. The molecule has 2 aromatic heterocycles. The first kappa shape index (κ1) is 21.0. The Kier molecular flexibility index (Phi) is 6.12. The van der Waals surface area contributed by atoms with Gasteiger partial charge in [-0.2, -0.15) is 0 Å². The number of aromatic nitrogens is 3. The molecule has 0 unspecified atom stereocenters. The molecule has 32 heavy (non-hydrogen) atoms. The summed E-state index contributed by atoms with van der Waals surface area (Å²) in [6, 6.07) is 18.6. The van der Waals surface area contributed by atoms with E-state index in [-0.39, 0.29) is 30.1 Å². The Morgan fingerprint density at radius 1 is 1.03 bits per heavy atom. The molecule has 0 bridgehead atoms. The molecule has 0 spiro atoms. The summed E-state index contributed by atoms with van der Waals surface area (Å²) in [5.74, 6) is -0.752. The number of nitrogens with zero attached hydrogens (tertiary/aromatic N) is 3. The van der Waals surface area contributed by atoms with Crippen LogP contribution in [-0.2, 0) is 11.3 Å². The van der Waals surface area contributed by atoms with E-state index in [4.69, 9.17) is 9.57 Å². The molecule has 162 valence electrons. The summed E-state index contributed by atoms with van der Waals surface area (Å²) in [6.45, 7) is 3.70. The van der Waals surface area contributed by atoms with E-state index in [2.05, 4.69) is 15.3 Å². The maximum Gasteiger partial charge on any atom is 0.346 e. The van der Waals surface area contributed by atoms with Gasteiger partial charge in [-0.05, 0) is 31.5 Å². The van der Waals surface area contributed by atoms with Gasteiger partial charge in [0.1, 0.15) is 12.9 Å². The lowest BCUT2D eigenvalue weighted by Gasteiger charge is -2.18. The molecule has 1 N–H and O–H groups in total. The van der Waals surface area contributed by atoms with Crippen molar-refractivity contribution < 1.29 is 14.4 Å². The highest BCUT2D eigenvalue weighted by atomic mass is 16.7. The van der Waals surface area contributed by atoms with Crippen LogP contribution in [0.4, 0.5) is 11.4 Å². The minimum atomic E-state index is -0.752. The number of fused-ring (bicyclic) bond motifs is 1. The van der Waals surface area contributed by atoms with E-state index in [1.807, 2.05) is 60.7 Å². The lowest BCUT2D eigenvalue weighted by molar-refractivity contribution is 0.0513. The quantitative estimate of drug-likeness (QED) is 0.447. The first-order chi connectivity index (χ1) is 15.6. The first-order valence-electron chi connectivity index (χ1n) is 10.2. The van der Waals surface area contributed by atoms with Crippen molar-refractivity contribution in [1.29, 1.82) is 0 Å². The number of ether oxygens (including phenoxy) is 1. The molecule has 0 saturated carbocycles. The third kappa shape index (κ3) is 4.15. The molecule has 0 aliphatic carbocycles. The van der Waals surface area contributed by atoms with Crippen LogP contribution in [0.1, 0.15) is 28.5 Å². The van der Waals surface area contributed by atoms with Crippen molar-refractivity contribution in [2.45, 2.75) is 20.5 Å². The molecule has 8 heteroatoms. The lowest BCUT2D eigenvalue weighted by Crippen LogP contribution is -2.34. The van der Waals surface area contributed by atoms with E-state index in [0.717, 1.165) is 10.3 Å². The number of anilines is 2. The lowest BCUT2D eigenvalue weighted by atomic mass is 10.1. The Hall–Kier alpha value is -4.20. The normalized spacial score (nSPS) is 10.7. The molecule has 0 radical (unpaired) electrons. The maximum atomic E-state index is 13.5. The third-order valence-corrected chi connectivity index (χ3v) is 4.83. The third-order valence-electron chi connectivity index (χ3n) is 4.83. The van der Waals surface area contributed by atoms with Gasteiger partial charge in [-0.3, -0.25) is 4.79 Å². The number of aryl methyl sites for hydroxylation is 1. The van der Waals surface area contributed by atoms with Gasteiger partial charge in [0.2, 0.25) is 0 Å². The van der Waals surface area contributed by atoms with Crippen LogP contribution in [-0.4, -0.2) is 27.3 Å². The van der Waals surface area contributed by atoms with Crippen molar-refractivity contribution in [3.63, 3.8) is 0 Å². The second kappa shape index (κ2) is 9.30. The number of esters is 1. The summed E-state index contributed by atoms with van der Waals surface area (Å²) in [4.78, 5) is 40.8. The standard InChI is InChI=1S/C24H22N4O4/c1-3-31-24(30)20-21(27-18-12-8-5-9-13-18)19-16(2)25-15-26-22(19)28(23(20)29)32-14-17-10-6-4-7-11-17/h4-13,15,27H,3,14H2,1-2H3. The molecular formula is C24H22N4O4. The fraction of sp³-hybridized carbons (Fsp3) is 0.167. The number of pyridine rings is 1. The van der Waals surface area contributed by atoms with Gasteiger partial charge in [0.15, 0.2) is 11.2 Å². The summed E-state index contributed by atoms with van der Waals surface area (Å²) in [7, 11) is 0. The van der Waals surface area contributed by atoms with Crippen LogP contribution in [0.25, 0.3) is 11.0 Å². The zero-order valence-electron chi connectivity index (χ0n) is 17.7. The van der Waals surface area contributed by atoms with Crippen LogP contribution < -0.4 is 15.7 Å². The zero-order valence-corrected chi connectivity index (χ0v) is 17.7. The van der Waals surface area contributed by atoms with Crippen LogP contribution in [0.3, 0.4) is 0 Å². The Labute approximate surface area is 184 Å². The molecule has 0 amide bonds. The fourth-order valence-corrected chi connectivity index (χ4v) is 3.35. The molecule has 8 nitrogen and oxygen atoms in total. The number of benzene rings is 2. The van der Waals surface area contributed by atoms with Crippen molar-refractivity contribution in [3.05, 3.63) is 94.2 Å². The zero-order chi connectivity index (χ0) is 22.5. The van der Waals surface area contributed by atoms with Crippen molar-refractivity contribution >= 4 is 28.4 Å². The maximum absolute atomic E-state index is 13.5. The Morgan fingerprint density at radius 3 is 2.41 bits per heavy atom. The highest BCUT2D eigenvalue weighted by Gasteiger charge is 2.26. The van der Waals surface area contributed by atoms with E-state index >= 15 is 0 Å². The second-order valence-corrected chi connectivity index (χ2v) is 6.98. The van der Waals surface area contributed by atoms with Gasteiger partial charge in [0, 0.05) is 5.69 Å². The summed E-state index contributed by atoms with van der Waals surface area (Å²) in [5, 5.41) is 3.68. The molecule has 0 atom stereocenters. The van der Waals surface area contributed by atoms with Gasteiger partial charge in [-0.15, -0.1) is 4.73 Å². The number of hydrogen-bond acceptors (Lipinski definition) is 7. The number of nitrogens with one attached hydrogen (secondary N) is 1.